The zero-order valence-corrected chi connectivity index (χ0v) is 18.0. The maximum atomic E-state index is 12.0. The summed E-state index contributed by atoms with van der Waals surface area (Å²) in [7, 11) is 1.84. The molecule has 0 saturated carbocycles. The topological polar surface area (TPSA) is 60.8 Å². The Morgan fingerprint density at radius 2 is 2.13 bits per heavy atom. The molecule has 3 heterocycles. The van der Waals surface area contributed by atoms with Gasteiger partial charge in [-0.2, -0.15) is 0 Å². The summed E-state index contributed by atoms with van der Waals surface area (Å²) in [6.45, 7) is 5.47. The van der Waals surface area contributed by atoms with Gasteiger partial charge >= 0.3 is 0 Å². The van der Waals surface area contributed by atoms with Gasteiger partial charge in [0, 0.05) is 63.1 Å². The highest BCUT2D eigenvalue weighted by Crippen LogP contribution is 2.38. The number of aryl methyl sites for hydroxylation is 1. The summed E-state index contributed by atoms with van der Waals surface area (Å²) in [5.74, 6) is 1.62. The number of carbonyl (C=O) groups excluding carboxylic acids is 1. The molecule has 2 aliphatic rings. The minimum absolute atomic E-state index is 0.307. The normalized spacial score (nSPS) is 18.8. The van der Waals surface area contributed by atoms with Crippen LogP contribution in [0.1, 0.15) is 42.0 Å². The number of nitrogens with one attached hydrogen (secondary N) is 1. The van der Waals surface area contributed by atoms with Gasteiger partial charge in [-0.1, -0.05) is 24.3 Å². The van der Waals surface area contributed by atoms with Crippen LogP contribution >= 0.6 is 0 Å². The Balaban J connectivity index is 1.39. The lowest BCUT2D eigenvalue weighted by molar-refractivity contribution is -0.127. The van der Waals surface area contributed by atoms with Crippen molar-refractivity contribution in [1.29, 1.82) is 0 Å². The first-order valence-corrected chi connectivity index (χ1v) is 10.9. The molecule has 1 unspecified atom stereocenters. The van der Waals surface area contributed by atoms with E-state index in [2.05, 4.69) is 56.6 Å². The van der Waals surface area contributed by atoms with Gasteiger partial charge in [0.05, 0.1) is 0 Å². The molecule has 6 nitrogen and oxygen atoms in total. The van der Waals surface area contributed by atoms with E-state index in [4.69, 9.17) is 0 Å². The lowest BCUT2D eigenvalue weighted by atomic mass is 9.98. The third-order valence-electron chi connectivity index (χ3n) is 6.13. The van der Waals surface area contributed by atoms with Crippen molar-refractivity contribution >= 4 is 17.6 Å². The summed E-state index contributed by atoms with van der Waals surface area (Å²) in [6, 6.07) is 12.8. The maximum Gasteiger partial charge on any atom is 0.222 e. The highest BCUT2D eigenvalue weighted by molar-refractivity contribution is 5.98. The summed E-state index contributed by atoms with van der Waals surface area (Å²) in [6.07, 6.45) is 5.55. The molecular weight excluding hydrogens is 374 g/mol. The van der Waals surface area contributed by atoms with Gasteiger partial charge in [0.15, 0.2) is 5.96 Å². The molecular formula is C24H31N5O. The molecule has 0 radical (unpaired) electrons. The van der Waals surface area contributed by atoms with E-state index in [1.54, 1.807) is 0 Å². The zero-order valence-electron chi connectivity index (χ0n) is 18.0. The van der Waals surface area contributed by atoms with Crippen LogP contribution in [0.4, 0.5) is 5.69 Å². The minimum atomic E-state index is 0.307. The Morgan fingerprint density at radius 3 is 2.87 bits per heavy atom. The van der Waals surface area contributed by atoms with Crippen LogP contribution in [0.25, 0.3) is 0 Å². The zero-order chi connectivity index (χ0) is 20.9. The molecule has 158 valence electrons. The molecule has 6 heteroatoms. The highest BCUT2D eigenvalue weighted by atomic mass is 16.2. The van der Waals surface area contributed by atoms with Crippen LogP contribution in [0, 0.1) is 6.92 Å². The van der Waals surface area contributed by atoms with E-state index in [-0.39, 0.29) is 0 Å². The van der Waals surface area contributed by atoms with E-state index in [1.165, 1.54) is 16.8 Å². The van der Waals surface area contributed by atoms with Crippen molar-refractivity contribution in [1.82, 2.24) is 15.2 Å². The Bertz CT molecular complexity index is 908. The second-order valence-electron chi connectivity index (χ2n) is 8.17. The van der Waals surface area contributed by atoms with Crippen LogP contribution < -0.4 is 10.2 Å². The molecule has 30 heavy (non-hydrogen) atoms. The number of fused-ring (bicyclic) bond motifs is 1. The Hall–Kier alpha value is -2.89. The fraction of sp³-hybridized carbons (Fsp3) is 0.458. The predicted molar refractivity (Wildman–Crippen MR) is 121 cm³/mol. The van der Waals surface area contributed by atoms with E-state index >= 15 is 0 Å². The van der Waals surface area contributed by atoms with Crippen LogP contribution in [0.5, 0.6) is 0 Å². The number of aromatic nitrogens is 1. The predicted octanol–water partition coefficient (Wildman–Crippen LogP) is 3.12. The fourth-order valence-electron chi connectivity index (χ4n) is 4.46. The van der Waals surface area contributed by atoms with Crippen molar-refractivity contribution in [3.63, 3.8) is 0 Å². The Morgan fingerprint density at radius 1 is 1.27 bits per heavy atom. The van der Waals surface area contributed by atoms with Crippen molar-refractivity contribution < 1.29 is 4.79 Å². The van der Waals surface area contributed by atoms with Crippen LogP contribution in [0.2, 0.25) is 0 Å². The number of pyridine rings is 1. The summed E-state index contributed by atoms with van der Waals surface area (Å²) in [4.78, 5) is 25.2. The van der Waals surface area contributed by atoms with Crippen molar-refractivity contribution in [2.75, 3.05) is 38.1 Å². The number of hydrogen-bond donors (Lipinski definition) is 1. The molecule has 1 amide bonds. The number of amides is 1. The molecule has 2 aliphatic heterocycles. The van der Waals surface area contributed by atoms with E-state index in [1.807, 2.05) is 25.1 Å². The molecule has 1 N–H and O–H groups in total. The Labute approximate surface area is 179 Å². The third kappa shape index (κ3) is 4.48. The monoisotopic (exact) mass is 405 g/mol. The van der Waals surface area contributed by atoms with Crippen molar-refractivity contribution in [3.05, 3.63) is 59.4 Å². The number of likely N-dealkylation sites (tertiary alicyclic amines) is 1. The number of carbonyl (C=O) groups is 1. The van der Waals surface area contributed by atoms with Gasteiger partial charge in [0.1, 0.15) is 0 Å². The molecule has 1 aromatic heterocycles. The van der Waals surface area contributed by atoms with Gasteiger partial charge in [0.2, 0.25) is 5.91 Å². The lowest BCUT2D eigenvalue weighted by Crippen LogP contribution is -2.42. The van der Waals surface area contributed by atoms with Crippen LogP contribution in [-0.4, -0.2) is 55.0 Å². The molecule has 2 aromatic rings. The number of anilines is 1. The van der Waals surface area contributed by atoms with Gasteiger partial charge in [-0.25, -0.2) is 0 Å². The number of hydrogen-bond acceptors (Lipinski definition) is 3. The molecule has 1 saturated heterocycles. The largest absolute Gasteiger partial charge is 0.356 e. The summed E-state index contributed by atoms with van der Waals surface area (Å²) in [5.41, 5.74) is 4.84. The summed E-state index contributed by atoms with van der Waals surface area (Å²) < 4.78 is 0. The number of nitrogens with zero attached hydrogens (tertiary/aromatic N) is 4. The third-order valence-corrected chi connectivity index (χ3v) is 6.13. The number of benzene rings is 1. The Kier molecular flexibility index (Phi) is 6.31. The fourth-order valence-corrected chi connectivity index (χ4v) is 4.46. The van der Waals surface area contributed by atoms with Crippen molar-refractivity contribution in [3.8, 4) is 0 Å². The van der Waals surface area contributed by atoms with Crippen LogP contribution in [0.15, 0.2) is 47.6 Å². The molecule has 1 atom stereocenters. The number of aliphatic imine (C=N–C) groups is 1. The standard InChI is InChI=1S/C24H31N5O/c1-18-9-10-19(16-27-18)11-13-26-24(25-2)29-17-20(21-6-3-4-7-22(21)29)12-15-28-14-5-8-23(28)30/h3-4,6-7,9-10,16,20H,5,8,11-15,17H2,1-2H3,(H,25,26). The second kappa shape index (κ2) is 9.28. The molecule has 1 fully saturated rings. The van der Waals surface area contributed by atoms with E-state index in [0.29, 0.717) is 18.2 Å². The average molecular weight is 406 g/mol. The first-order chi connectivity index (χ1) is 14.7. The van der Waals surface area contributed by atoms with E-state index in [0.717, 1.165) is 57.1 Å². The first-order valence-electron chi connectivity index (χ1n) is 10.9. The summed E-state index contributed by atoms with van der Waals surface area (Å²) >= 11 is 0. The lowest BCUT2D eigenvalue weighted by Gasteiger charge is -2.23. The smallest absolute Gasteiger partial charge is 0.222 e. The van der Waals surface area contributed by atoms with Gasteiger partial charge < -0.3 is 15.1 Å². The van der Waals surface area contributed by atoms with Gasteiger partial charge in [0.25, 0.3) is 0 Å². The number of guanidine groups is 1. The van der Waals surface area contributed by atoms with E-state index < -0.39 is 0 Å². The average Bonchev–Trinajstić information content (AvgIpc) is 3.34. The van der Waals surface area contributed by atoms with Crippen molar-refractivity contribution in [2.24, 2.45) is 4.99 Å². The quantitative estimate of drug-likeness (QED) is 0.593. The molecule has 4 rings (SSSR count). The molecule has 0 bridgehead atoms. The number of para-hydroxylation sites is 1. The SMILES string of the molecule is CN=C(NCCc1ccc(C)nc1)N1CC(CCN2CCCC2=O)c2ccccc21. The first kappa shape index (κ1) is 20.4. The maximum absolute atomic E-state index is 12.0. The second-order valence-corrected chi connectivity index (χ2v) is 8.17. The van der Waals surface area contributed by atoms with Crippen LogP contribution in [-0.2, 0) is 11.2 Å². The van der Waals surface area contributed by atoms with Gasteiger partial charge in [-0.3, -0.25) is 14.8 Å². The number of rotatable bonds is 6. The highest BCUT2D eigenvalue weighted by Gasteiger charge is 2.31. The van der Waals surface area contributed by atoms with E-state index in [9.17, 15) is 4.79 Å². The minimum Gasteiger partial charge on any atom is -0.356 e. The van der Waals surface area contributed by atoms with Gasteiger partial charge in [-0.05, 0) is 49.4 Å². The van der Waals surface area contributed by atoms with Crippen molar-refractivity contribution in [2.45, 2.75) is 38.5 Å². The molecule has 0 spiro atoms. The van der Waals surface area contributed by atoms with Crippen LogP contribution in [0.3, 0.4) is 0 Å². The summed E-state index contributed by atoms with van der Waals surface area (Å²) in [5, 5.41) is 3.52. The van der Waals surface area contributed by atoms with Gasteiger partial charge in [-0.15, -0.1) is 0 Å². The molecule has 1 aromatic carbocycles. The molecule has 0 aliphatic carbocycles.